The summed E-state index contributed by atoms with van der Waals surface area (Å²) in [4.78, 5) is 22.8. The summed E-state index contributed by atoms with van der Waals surface area (Å²) in [5.74, 6) is -0.0935. The molecule has 0 aliphatic carbocycles. The number of rotatable bonds is 5. The highest BCUT2D eigenvalue weighted by atomic mass is 35.5. The molecule has 0 aromatic heterocycles. The monoisotopic (exact) mass is 298 g/mol. The summed E-state index contributed by atoms with van der Waals surface area (Å²) in [6.07, 6.45) is 0.757. The van der Waals surface area contributed by atoms with Crippen LogP contribution in [0.5, 0.6) is 0 Å². The first-order valence-corrected chi connectivity index (χ1v) is 6.36. The van der Waals surface area contributed by atoms with Crippen molar-refractivity contribution in [2.24, 2.45) is 5.92 Å². The van der Waals surface area contributed by atoms with Gasteiger partial charge in [-0.2, -0.15) is 0 Å². The van der Waals surface area contributed by atoms with Gasteiger partial charge in [-0.3, -0.25) is 4.79 Å². The van der Waals surface area contributed by atoms with Gasteiger partial charge in [-0.25, -0.2) is 4.79 Å². The Labute approximate surface area is 124 Å². The summed E-state index contributed by atoms with van der Waals surface area (Å²) < 4.78 is 4.63. The molecule has 2 rings (SSSR count). The van der Waals surface area contributed by atoms with Crippen molar-refractivity contribution in [1.29, 1.82) is 0 Å². The number of nitrogens with one attached hydrogen (secondary N) is 2. The number of hydrogen-bond acceptors (Lipinski definition) is 4. The number of carbonyl (C=O) groups excluding carboxylic acids is 2. The van der Waals surface area contributed by atoms with Crippen LogP contribution in [0.3, 0.4) is 0 Å². The number of amides is 1. The number of benzene rings is 1. The van der Waals surface area contributed by atoms with Crippen LogP contribution in [0.2, 0.25) is 0 Å². The normalized spacial score (nSPS) is 13.8. The Morgan fingerprint density at radius 1 is 1.30 bits per heavy atom. The van der Waals surface area contributed by atoms with Crippen molar-refractivity contribution in [3.05, 3.63) is 35.4 Å². The van der Waals surface area contributed by atoms with Crippen molar-refractivity contribution in [3.8, 4) is 0 Å². The lowest BCUT2D eigenvalue weighted by atomic mass is 10.0. The Bertz CT molecular complexity index is 458. The second kappa shape index (κ2) is 7.87. The van der Waals surface area contributed by atoms with E-state index in [1.807, 2.05) is 12.1 Å². The number of hydrogen-bond donors (Lipinski definition) is 2. The zero-order valence-electron chi connectivity index (χ0n) is 11.3. The minimum absolute atomic E-state index is 0. The highest BCUT2D eigenvalue weighted by Gasteiger charge is 2.23. The van der Waals surface area contributed by atoms with Gasteiger partial charge in [-0.15, -0.1) is 12.4 Å². The number of halogens is 1. The second-order valence-electron chi connectivity index (χ2n) is 4.58. The van der Waals surface area contributed by atoms with Crippen molar-refractivity contribution in [3.63, 3.8) is 0 Å². The minimum Gasteiger partial charge on any atom is -0.465 e. The summed E-state index contributed by atoms with van der Waals surface area (Å²) in [6, 6.07) is 7.23. The quantitative estimate of drug-likeness (QED) is 0.788. The Morgan fingerprint density at radius 3 is 2.45 bits per heavy atom. The standard InChI is InChI=1S/C14H18N2O3.ClH/c1-19-14(18)11-4-2-10(3-5-11)6-7-16-13(17)12-8-15-9-12;/h2-5,12,15H,6-9H2,1H3,(H,16,17);1H. The van der Waals surface area contributed by atoms with Gasteiger partial charge in [0.05, 0.1) is 18.6 Å². The van der Waals surface area contributed by atoms with Crippen molar-refractivity contribution in [2.45, 2.75) is 6.42 Å². The molecule has 1 fully saturated rings. The highest BCUT2D eigenvalue weighted by molar-refractivity contribution is 5.89. The van der Waals surface area contributed by atoms with Crippen molar-refractivity contribution in [1.82, 2.24) is 10.6 Å². The molecule has 1 amide bonds. The van der Waals surface area contributed by atoms with Gasteiger partial charge in [0, 0.05) is 19.6 Å². The summed E-state index contributed by atoms with van der Waals surface area (Å²) in [5.41, 5.74) is 1.62. The molecule has 6 heteroatoms. The van der Waals surface area contributed by atoms with Gasteiger partial charge < -0.3 is 15.4 Å². The summed E-state index contributed by atoms with van der Waals surface area (Å²) in [7, 11) is 1.36. The average Bonchev–Trinajstić information content (AvgIpc) is 2.36. The van der Waals surface area contributed by atoms with E-state index in [0.29, 0.717) is 12.1 Å². The highest BCUT2D eigenvalue weighted by Crippen LogP contribution is 2.06. The average molecular weight is 299 g/mol. The van der Waals surface area contributed by atoms with Crippen LogP contribution < -0.4 is 10.6 Å². The Hall–Kier alpha value is -1.59. The van der Waals surface area contributed by atoms with E-state index in [2.05, 4.69) is 15.4 Å². The second-order valence-corrected chi connectivity index (χ2v) is 4.58. The third kappa shape index (κ3) is 4.21. The van der Waals surface area contributed by atoms with Gasteiger partial charge in [0.1, 0.15) is 0 Å². The van der Waals surface area contributed by atoms with Gasteiger partial charge in [-0.05, 0) is 24.1 Å². The van der Waals surface area contributed by atoms with Crippen LogP contribution in [-0.4, -0.2) is 38.6 Å². The molecule has 5 nitrogen and oxygen atoms in total. The molecule has 1 saturated heterocycles. The number of ether oxygens (including phenoxy) is 1. The Morgan fingerprint density at radius 2 is 1.95 bits per heavy atom. The molecule has 0 saturated carbocycles. The van der Waals surface area contributed by atoms with Crippen LogP contribution in [0, 0.1) is 5.92 Å². The van der Waals surface area contributed by atoms with Gasteiger partial charge in [-0.1, -0.05) is 12.1 Å². The predicted molar refractivity (Wildman–Crippen MR) is 78.1 cm³/mol. The maximum atomic E-state index is 11.6. The SMILES string of the molecule is COC(=O)c1ccc(CCNC(=O)C2CNC2)cc1.Cl. The maximum absolute atomic E-state index is 11.6. The van der Waals surface area contributed by atoms with E-state index in [0.717, 1.165) is 25.1 Å². The molecule has 20 heavy (non-hydrogen) atoms. The van der Waals surface area contributed by atoms with Crippen molar-refractivity contribution < 1.29 is 14.3 Å². The van der Waals surface area contributed by atoms with Crippen LogP contribution in [0.15, 0.2) is 24.3 Å². The zero-order valence-corrected chi connectivity index (χ0v) is 12.2. The van der Waals surface area contributed by atoms with E-state index in [1.165, 1.54) is 7.11 Å². The van der Waals surface area contributed by atoms with Gasteiger partial charge in [0.25, 0.3) is 0 Å². The van der Waals surface area contributed by atoms with Gasteiger partial charge in [0.2, 0.25) is 5.91 Å². The first kappa shape index (κ1) is 16.5. The molecule has 1 aromatic rings. The van der Waals surface area contributed by atoms with Crippen molar-refractivity contribution >= 4 is 24.3 Å². The lowest BCUT2D eigenvalue weighted by Crippen LogP contribution is -2.51. The maximum Gasteiger partial charge on any atom is 0.337 e. The topological polar surface area (TPSA) is 67.4 Å². The molecule has 2 N–H and O–H groups in total. The molecule has 0 radical (unpaired) electrons. The van der Waals surface area contributed by atoms with E-state index in [-0.39, 0.29) is 30.2 Å². The van der Waals surface area contributed by atoms with Crippen molar-refractivity contribution in [2.75, 3.05) is 26.7 Å². The molecule has 0 spiro atoms. The largest absolute Gasteiger partial charge is 0.465 e. The summed E-state index contributed by atoms with van der Waals surface area (Å²) in [5, 5.41) is 5.98. The smallest absolute Gasteiger partial charge is 0.337 e. The first-order chi connectivity index (χ1) is 9.20. The van der Waals surface area contributed by atoms with E-state index in [9.17, 15) is 9.59 Å². The van der Waals surface area contributed by atoms with E-state index in [4.69, 9.17) is 0 Å². The van der Waals surface area contributed by atoms with E-state index < -0.39 is 0 Å². The molecule has 1 heterocycles. The molecule has 1 aromatic carbocycles. The lowest BCUT2D eigenvalue weighted by molar-refractivity contribution is -0.126. The van der Waals surface area contributed by atoms with E-state index in [1.54, 1.807) is 12.1 Å². The predicted octanol–water partition coefficient (Wildman–Crippen LogP) is 0.773. The number of carbonyl (C=O) groups is 2. The van der Waals surface area contributed by atoms with Gasteiger partial charge >= 0.3 is 5.97 Å². The molecular weight excluding hydrogens is 280 g/mol. The molecule has 0 atom stereocenters. The molecule has 0 unspecified atom stereocenters. The molecule has 0 bridgehead atoms. The van der Waals surface area contributed by atoms with E-state index >= 15 is 0 Å². The summed E-state index contributed by atoms with van der Waals surface area (Å²) in [6.45, 7) is 2.17. The summed E-state index contributed by atoms with van der Waals surface area (Å²) >= 11 is 0. The first-order valence-electron chi connectivity index (χ1n) is 6.36. The minimum atomic E-state index is -0.336. The lowest BCUT2D eigenvalue weighted by Gasteiger charge is -2.25. The molecule has 110 valence electrons. The number of esters is 1. The van der Waals surface area contributed by atoms with Gasteiger partial charge in [0.15, 0.2) is 0 Å². The third-order valence-corrected chi connectivity index (χ3v) is 3.24. The Balaban J connectivity index is 0.00000200. The van der Waals surface area contributed by atoms with Crippen LogP contribution in [0.1, 0.15) is 15.9 Å². The third-order valence-electron chi connectivity index (χ3n) is 3.24. The Kier molecular flexibility index (Phi) is 6.48. The fourth-order valence-electron chi connectivity index (χ4n) is 1.87. The zero-order chi connectivity index (χ0) is 13.7. The van der Waals surface area contributed by atoms with Crippen LogP contribution >= 0.6 is 12.4 Å². The van der Waals surface area contributed by atoms with Crippen LogP contribution in [0.4, 0.5) is 0 Å². The molecule has 1 aliphatic heterocycles. The molecule has 1 aliphatic rings. The van der Waals surface area contributed by atoms with Crippen LogP contribution in [0.25, 0.3) is 0 Å². The molecular formula is C14H19ClN2O3. The fraction of sp³-hybridized carbons (Fsp3) is 0.429. The number of methoxy groups -OCH3 is 1. The van der Waals surface area contributed by atoms with Crippen LogP contribution in [-0.2, 0) is 16.0 Å². The fourth-order valence-corrected chi connectivity index (χ4v) is 1.87.